The van der Waals surface area contributed by atoms with Gasteiger partial charge >= 0.3 is 0 Å². The van der Waals surface area contributed by atoms with Gasteiger partial charge < -0.3 is 9.64 Å². The molecule has 1 heterocycles. The van der Waals surface area contributed by atoms with Crippen molar-refractivity contribution in [3.05, 3.63) is 35.9 Å². The van der Waals surface area contributed by atoms with Crippen molar-refractivity contribution in [2.24, 2.45) is 0 Å². The molecule has 6 nitrogen and oxygen atoms in total. The van der Waals surface area contributed by atoms with E-state index in [0.717, 1.165) is 12.0 Å². The molecule has 0 bridgehead atoms. The molecular weight excluding hydrogens is 316 g/mol. The van der Waals surface area contributed by atoms with Gasteiger partial charge in [-0.3, -0.25) is 4.79 Å². The van der Waals surface area contributed by atoms with Crippen LogP contribution in [-0.2, 0) is 19.6 Å². The highest BCUT2D eigenvalue weighted by atomic mass is 32.2. The Hall–Kier alpha value is -1.70. The first-order valence-corrected chi connectivity index (χ1v) is 9.06. The molecule has 7 heteroatoms. The first-order chi connectivity index (χ1) is 11.0. The second-order valence-corrected chi connectivity index (χ2v) is 7.18. The Balaban J connectivity index is 2.01. The maximum absolute atomic E-state index is 12.2. The molecular formula is C16H22N2O4S. The van der Waals surface area contributed by atoms with E-state index >= 15 is 0 Å². The van der Waals surface area contributed by atoms with Crippen LogP contribution in [0.15, 0.2) is 35.2 Å². The number of hydrogen-bond acceptors (Lipinski definition) is 4. The molecule has 1 aromatic rings. The summed E-state index contributed by atoms with van der Waals surface area (Å²) < 4.78 is 31.1. The molecule has 0 spiro atoms. The van der Waals surface area contributed by atoms with Gasteiger partial charge in [0.05, 0.1) is 17.6 Å². The molecule has 0 saturated carbocycles. The van der Waals surface area contributed by atoms with E-state index in [1.54, 1.807) is 23.1 Å². The Bertz CT molecular complexity index is 668. The molecule has 0 radical (unpaired) electrons. The number of ether oxygens (including phenoxy) is 1. The van der Waals surface area contributed by atoms with Crippen molar-refractivity contribution in [3.63, 3.8) is 0 Å². The zero-order valence-electron chi connectivity index (χ0n) is 13.4. The number of morpholine rings is 1. The summed E-state index contributed by atoms with van der Waals surface area (Å²) in [5.74, 6) is -0.0568. The van der Waals surface area contributed by atoms with Gasteiger partial charge in [0.2, 0.25) is 15.9 Å². The number of hydrogen-bond donors (Lipinski definition) is 1. The van der Waals surface area contributed by atoms with Crippen molar-refractivity contribution >= 4 is 22.0 Å². The number of amides is 1. The fraction of sp³-hybridized carbons (Fsp3) is 0.438. The molecule has 1 N–H and O–H groups in total. The van der Waals surface area contributed by atoms with Gasteiger partial charge in [0, 0.05) is 19.2 Å². The summed E-state index contributed by atoms with van der Waals surface area (Å²) >= 11 is 0. The lowest BCUT2D eigenvalue weighted by Crippen LogP contribution is -2.44. The van der Waals surface area contributed by atoms with Crippen LogP contribution in [0.3, 0.4) is 0 Å². The number of nitrogens with one attached hydrogen (secondary N) is 1. The summed E-state index contributed by atoms with van der Waals surface area (Å²) in [6.45, 7) is 3.81. The number of carbonyl (C=O) groups excluding carboxylic acids is 1. The standard InChI is InChI=1S/C16H22N2O4S/c1-3-14-12-18(10-11-22-14)16(19)9-6-13-4-7-15(8-5-13)23(20,21)17-2/h4-9,14,17H,3,10-12H2,1-2H3/b9-6+. The van der Waals surface area contributed by atoms with Crippen molar-refractivity contribution in [3.8, 4) is 0 Å². The van der Waals surface area contributed by atoms with Crippen molar-refractivity contribution in [2.75, 3.05) is 26.7 Å². The molecule has 1 amide bonds. The van der Waals surface area contributed by atoms with Crippen LogP contribution in [0.4, 0.5) is 0 Å². The highest BCUT2D eigenvalue weighted by Crippen LogP contribution is 2.12. The molecule has 1 aromatic carbocycles. The number of nitrogens with zero attached hydrogens (tertiary/aromatic N) is 1. The Kier molecular flexibility index (Phi) is 5.92. The maximum atomic E-state index is 12.2. The van der Waals surface area contributed by atoms with Crippen LogP contribution < -0.4 is 4.72 Å². The average molecular weight is 338 g/mol. The zero-order valence-corrected chi connectivity index (χ0v) is 14.2. The fourth-order valence-corrected chi connectivity index (χ4v) is 3.05. The van der Waals surface area contributed by atoms with E-state index in [4.69, 9.17) is 4.74 Å². The lowest BCUT2D eigenvalue weighted by Gasteiger charge is -2.31. The van der Waals surface area contributed by atoms with Crippen molar-refractivity contribution in [2.45, 2.75) is 24.3 Å². The molecule has 126 valence electrons. The second kappa shape index (κ2) is 7.72. The number of rotatable bonds is 5. The van der Waals surface area contributed by atoms with Crippen LogP contribution in [0.1, 0.15) is 18.9 Å². The number of benzene rings is 1. The lowest BCUT2D eigenvalue weighted by atomic mass is 10.2. The van der Waals surface area contributed by atoms with E-state index in [9.17, 15) is 13.2 Å². The predicted molar refractivity (Wildman–Crippen MR) is 88.3 cm³/mol. The van der Waals surface area contributed by atoms with Crippen molar-refractivity contribution in [1.29, 1.82) is 0 Å². The maximum Gasteiger partial charge on any atom is 0.246 e. The monoisotopic (exact) mass is 338 g/mol. The predicted octanol–water partition coefficient (Wildman–Crippen LogP) is 1.25. The highest BCUT2D eigenvalue weighted by molar-refractivity contribution is 7.89. The molecule has 1 atom stereocenters. The first kappa shape index (κ1) is 17.7. The molecule has 1 aliphatic rings. The highest BCUT2D eigenvalue weighted by Gasteiger charge is 2.21. The molecule has 23 heavy (non-hydrogen) atoms. The largest absolute Gasteiger partial charge is 0.375 e. The SMILES string of the molecule is CCC1CN(C(=O)/C=C/c2ccc(S(=O)(=O)NC)cc2)CCO1. The van der Waals surface area contributed by atoms with Gasteiger partial charge in [-0.25, -0.2) is 13.1 Å². The summed E-state index contributed by atoms with van der Waals surface area (Å²) in [6.07, 6.45) is 4.19. The van der Waals surface area contributed by atoms with Gasteiger partial charge in [-0.15, -0.1) is 0 Å². The topological polar surface area (TPSA) is 75.7 Å². The van der Waals surface area contributed by atoms with Crippen LogP contribution in [-0.4, -0.2) is 52.1 Å². The summed E-state index contributed by atoms with van der Waals surface area (Å²) in [5.41, 5.74) is 0.772. The quantitative estimate of drug-likeness (QED) is 0.820. The Labute approximate surface area is 137 Å². The molecule has 1 unspecified atom stereocenters. The van der Waals surface area contributed by atoms with Crippen LogP contribution in [0.2, 0.25) is 0 Å². The van der Waals surface area contributed by atoms with E-state index in [2.05, 4.69) is 4.72 Å². The minimum absolute atomic E-state index is 0.0568. The van der Waals surface area contributed by atoms with Crippen molar-refractivity contribution in [1.82, 2.24) is 9.62 Å². The molecule has 1 saturated heterocycles. The number of sulfonamides is 1. The average Bonchev–Trinajstić information content (AvgIpc) is 2.60. The summed E-state index contributed by atoms with van der Waals surface area (Å²) in [7, 11) is -2.07. The Morgan fingerprint density at radius 1 is 1.39 bits per heavy atom. The summed E-state index contributed by atoms with van der Waals surface area (Å²) in [6, 6.07) is 6.36. The third-order valence-electron chi connectivity index (χ3n) is 3.78. The molecule has 0 aromatic heterocycles. The fourth-order valence-electron chi connectivity index (χ4n) is 2.32. The smallest absolute Gasteiger partial charge is 0.246 e. The van der Waals surface area contributed by atoms with Gasteiger partial charge in [0.1, 0.15) is 0 Å². The summed E-state index contributed by atoms with van der Waals surface area (Å²) in [4.78, 5) is 14.2. The minimum Gasteiger partial charge on any atom is -0.375 e. The van der Waals surface area contributed by atoms with Gasteiger partial charge in [-0.2, -0.15) is 0 Å². The normalized spacial score (nSPS) is 19.2. The molecule has 1 aliphatic heterocycles. The second-order valence-electron chi connectivity index (χ2n) is 5.30. The van der Waals surface area contributed by atoms with Gasteiger partial charge in [0.25, 0.3) is 0 Å². The van der Waals surface area contributed by atoms with Gasteiger partial charge in [0.15, 0.2) is 0 Å². The van der Waals surface area contributed by atoms with E-state index in [1.807, 2.05) is 6.92 Å². The summed E-state index contributed by atoms with van der Waals surface area (Å²) in [5, 5.41) is 0. The van der Waals surface area contributed by atoms with E-state index in [0.29, 0.717) is 19.7 Å². The van der Waals surface area contributed by atoms with Crippen LogP contribution >= 0.6 is 0 Å². The Morgan fingerprint density at radius 2 is 2.09 bits per heavy atom. The van der Waals surface area contributed by atoms with Gasteiger partial charge in [-0.05, 0) is 37.2 Å². The van der Waals surface area contributed by atoms with E-state index in [1.165, 1.54) is 25.3 Å². The van der Waals surface area contributed by atoms with E-state index in [-0.39, 0.29) is 16.9 Å². The minimum atomic E-state index is -3.44. The molecule has 1 fully saturated rings. The molecule has 0 aliphatic carbocycles. The third kappa shape index (κ3) is 4.63. The third-order valence-corrected chi connectivity index (χ3v) is 5.21. The first-order valence-electron chi connectivity index (χ1n) is 7.58. The zero-order chi connectivity index (χ0) is 16.9. The van der Waals surface area contributed by atoms with Crippen LogP contribution in [0, 0.1) is 0 Å². The van der Waals surface area contributed by atoms with Crippen LogP contribution in [0.5, 0.6) is 0 Å². The lowest BCUT2D eigenvalue weighted by molar-refractivity contribution is -0.133. The van der Waals surface area contributed by atoms with Crippen molar-refractivity contribution < 1.29 is 17.9 Å². The number of carbonyl (C=O) groups is 1. The van der Waals surface area contributed by atoms with E-state index < -0.39 is 10.0 Å². The van der Waals surface area contributed by atoms with Crippen LogP contribution in [0.25, 0.3) is 6.08 Å². The molecule has 2 rings (SSSR count). The van der Waals surface area contributed by atoms with Gasteiger partial charge in [-0.1, -0.05) is 19.1 Å². The Morgan fingerprint density at radius 3 is 2.70 bits per heavy atom.